The summed E-state index contributed by atoms with van der Waals surface area (Å²) >= 11 is 0. The van der Waals surface area contributed by atoms with Crippen molar-refractivity contribution in [3.63, 3.8) is 0 Å². The molecule has 7 heteroatoms. The van der Waals surface area contributed by atoms with Crippen LogP contribution in [0.3, 0.4) is 0 Å². The lowest BCUT2D eigenvalue weighted by Gasteiger charge is -2.30. The van der Waals surface area contributed by atoms with Gasteiger partial charge < -0.3 is 10.6 Å². The number of aromatic amines is 1. The quantitative estimate of drug-likeness (QED) is 0.547. The minimum Gasteiger partial charge on any atom is -0.338 e. The number of urea groups is 1. The SMILES string of the molecule is CCCNCC(CC1CCc2cn[nH]c2C1)C(=O)N(CCC)C(=O)NCC. The van der Waals surface area contributed by atoms with Crippen LogP contribution in [0.5, 0.6) is 0 Å². The fourth-order valence-corrected chi connectivity index (χ4v) is 3.81. The third-order valence-corrected chi connectivity index (χ3v) is 5.19. The molecule has 152 valence electrons. The fourth-order valence-electron chi connectivity index (χ4n) is 3.81. The average Bonchev–Trinajstić information content (AvgIpc) is 3.13. The molecule has 2 unspecified atom stereocenters. The molecular formula is C20H35N5O2. The van der Waals surface area contributed by atoms with Gasteiger partial charge in [-0.2, -0.15) is 5.10 Å². The van der Waals surface area contributed by atoms with Gasteiger partial charge in [0.15, 0.2) is 0 Å². The lowest BCUT2D eigenvalue weighted by atomic mass is 9.81. The molecule has 3 amide bonds. The lowest BCUT2D eigenvalue weighted by Crippen LogP contribution is -2.49. The highest BCUT2D eigenvalue weighted by Gasteiger charge is 2.31. The minimum absolute atomic E-state index is 0.0539. The first-order chi connectivity index (χ1) is 13.1. The van der Waals surface area contributed by atoms with E-state index in [2.05, 4.69) is 27.8 Å². The Hall–Kier alpha value is -1.89. The number of hydrogen-bond acceptors (Lipinski definition) is 4. The summed E-state index contributed by atoms with van der Waals surface area (Å²) in [5, 5.41) is 13.4. The van der Waals surface area contributed by atoms with Crippen molar-refractivity contribution >= 4 is 11.9 Å². The van der Waals surface area contributed by atoms with E-state index in [1.54, 1.807) is 0 Å². The number of amides is 3. The molecule has 0 spiro atoms. The van der Waals surface area contributed by atoms with Crippen LogP contribution in [0.4, 0.5) is 4.79 Å². The van der Waals surface area contributed by atoms with E-state index in [0.29, 0.717) is 25.6 Å². The van der Waals surface area contributed by atoms with Crippen molar-refractivity contribution in [2.24, 2.45) is 11.8 Å². The molecule has 0 radical (unpaired) electrons. The van der Waals surface area contributed by atoms with Crippen LogP contribution in [0.25, 0.3) is 0 Å². The highest BCUT2D eigenvalue weighted by Crippen LogP contribution is 2.29. The molecule has 1 heterocycles. The lowest BCUT2D eigenvalue weighted by molar-refractivity contribution is -0.133. The first-order valence-corrected chi connectivity index (χ1v) is 10.4. The molecule has 0 aliphatic heterocycles. The molecule has 0 saturated carbocycles. The van der Waals surface area contributed by atoms with Gasteiger partial charge in [-0.1, -0.05) is 13.8 Å². The van der Waals surface area contributed by atoms with E-state index < -0.39 is 0 Å². The molecule has 2 atom stereocenters. The van der Waals surface area contributed by atoms with Crippen molar-refractivity contribution in [3.8, 4) is 0 Å². The standard InChI is InChI=1S/C20H35N5O2/c1-4-9-21-13-17(19(26)25(10-5-2)20(27)22-6-3)11-15-7-8-16-14-23-24-18(16)12-15/h14-15,17,21H,4-13H2,1-3H3,(H,22,27)(H,23,24). The highest BCUT2D eigenvalue weighted by atomic mass is 16.2. The molecule has 27 heavy (non-hydrogen) atoms. The van der Waals surface area contributed by atoms with Crippen LogP contribution in [-0.2, 0) is 17.6 Å². The largest absolute Gasteiger partial charge is 0.338 e. The van der Waals surface area contributed by atoms with Gasteiger partial charge in [-0.25, -0.2) is 4.79 Å². The second-order valence-electron chi connectivity index (χ2n) is 7.44. The Labute approximate surface area is 162 Å². The number of carbonyl (C=O) groups is 2. The Morgan fingerprint density at radius 3 is 2.85 bits per heavy atom. The maximum Gasteiger partial charge on any atom is 0.324 e. The maximum absolute atomic E-state index is 13.2. The normalized spacial score (nSPS) is 17.2. The van der Waals surface area contributed by atoms with Gasteiger partial charge in [0.05, 0.1) is 12.1 Å². The number of H-pyrrole nitrogens is 1. The number of nitrogens with one attached hydrogen (secondary N) is 3. The summed E-state index contributed by atoms with van der Waals surface area (Å²) in [5.41, 5.74) is 2.50. The average molecular weight is 378 g/mol. The molecule has 0 saturated heterocycles. The van der Waals surface area contributed by atoms with Crippen molar-refractivity contribution in [2.45, 2.75) is 59.3 Å². The predicted molar refractivity (Wildman–Crippen MR) is 106 cm³/mol. The van der Waals surface area contributed by atoms with E-state index in [0.717, 1.165) is 45.1 Å². The van der Waals surface area contributed by atoms with Crippen LogP contribution < -0.4 is 10.6 Å². The molecule has 0 fully saturated rings. The van der Waals surface area contributed by atoms with Gasteiger partial charge in [0, 0.05) is 25.3 Å². The Balaban J connectivity index is 2.07. The monoisotopic (exact) mass is 377 g/mol. The molecule has 7 nitrogen and oxygen atoms in total. The van der Waals surface area contributed by atoms with Crippen LogP contribution >= 0.6 is 0 Å². The Kier molecular flexibility index (Phi) is 8.78. The Morgan fingerprint density at radius 2 is 2.15 bits per heavy atom. The van der Waals surface area contributed by atoms with E-state index >= 15 is 0 Å². The second-order valence-corrected chi connectivity index (χ2v) is 7.44. The molecular weight excluding hydrogens is 342 g/mol. The number of rotatable bonds is 10. The molecule has 2 rings (SSSR count). The molecule has 1 aromatic rings. The summed E-state index contributed by atoms with van der Waals surface area (Å²) in [6.45, 7) is 8.47. The zero-order valence-corrected chi connectivity index (χ0v) is 17.0. The number of aromatic nitrogens is 2. The number of nitrogens with zero attached hydrogens (tertiary/aromatic N) is 2. The van der Waals surface area contributed by atoms with Gasteiger partial charge in [-0.15, -0.1) is 0 Å². The molecule has 0 aromatic carbocycles. The zero-order chi connectivity index (χ0) is 19.6. The number of carbonyl (C=O) groups excluding carboxylic acids is 2. The Morgan fingerprint density at radius 1 is 1.33 bits per heavy atom. The first kappa shape index (κ1) is 21.4. The minimum atomic E-state index is -0.274. The summed E-state index contributed by atoms with van der Waals surface area (Å²) in [4.78, 5) is 27.0. The topological polar surface area (TPSA) is 90.1 Å². The van der Waals surface area contributed by atoms with Gasteiger partial charge in [0.25, 0.3) is 0 Å². The van der Waals surface area contributed by atoms with Crippen LogP contribution in [0.15, 0.2) is 6.20 Å². The van der Waals surface area contributed by atoms with Gasteiger partial charge in [-0.05, 0) is 63.5 Å². The predicted octanol–water partition coefficient (Wildman–Crippen LogP) is 2.49. The number of hydrogen-bond donors (Lipinski definition) is 3. The van der Waals surface area contributed by atoms with Crippen molar-refractivity contribution in [1.29, 1.82) is 0 Å². The van der Waals surface area contributed by atoms with Gasteiger partial charge in [0.1, 0.15) is 0 Å². The smallest absolute Gasteiger partial charge is 0.324 e. The Bertz CT molecular complexity index is 601. The van der Waals surface area contributed by atoms with E-state index in [4.69, 9.17) is 0 Å². The highest BCUT2D eigenvalue weighted by molar-refractivity contribution is 5.95. The van der Waals surface area contributed by atoms with Crippen molar-refractivity contribution in [3.05, 3.63) is 17.5 Å². The van der Waals surface area contributed by atoms with Crippen LogP contribution in [0.2, 0.25) is 0 Å². The maximum atomic E-state index is 13.2. The zero-order valence-electron chi connectivity index (χ0n) is 17.0. The fraction of sp³-hybridized carbons (Fsp3) is 0.750. The number of fused-ring (bicyclic) bond motifs is 1. The molecule has 1 aromatic heterocycles. The van der Waals surface area contributed by atoms with E-state index in [1.807, 2.05) is 20.0 Å². The van der Waals surface area contributed by atoms with Crippen molar-refractivity contribution in [1.82, 2.24) is 25.7 Å². The number of imide groups is 1. The molecule has 0 bridgehead atoms. The molecule has 1 aliphatic rings. The second kappa shape index (κ2) is 11.1. The van der Waals surface area contributed by atoms with E-state index in [-0.39, 0.29) is 17.9 Å². The van der Waals surface area contributed by atoms with Gasteiger partial charge >= 0.3 is 6.03 Å². The van der Waals surface area contributed by atoms with Crippen LogP contribution in [0.1, 0.15) is 57.7 Å². The molecule has 1 aliphatic carbocycles. The van der Waals surface area contributed by atoms with Crippen molar-refractivity contribution in [2.75, 3.05) is 26.2 Å². The first-order valence-electron chi connectivity index (χ1n) is 10.4. The van der Waals surface area contributed by atoms with E-state index in [1.165, 1.54) is 16.2 Å². The summed E-state index contributed by atoms with van der Waals surface area (Å²) in [6, 6.07) is -0.274. The summed E-state index contributed by atoms with van der Waals surface area (Å²) in [6.07, 6.45) is 7.51. The van der Waals surface area contributed by atoms with Gasteiger partial charge in [-0.3, -0.25) is 14.8 Å². The number of aryl methyl sites for hydroxylation is 1. The van der Waals surface area contributed by atoms with Crippen LogP contribution in [-0.4, -0.2) is 53.2 Å². The summed E-state index contributed by atoms with van der Waals surface area (Å²) in [7, 11) is 0. The van der Waals surface area contributed by atoms with Crippen LogP contribution in [0, 0.1) is 11.8 Å². The summed E-state index contributed by atoms with van der Waals surface area (Å²) in [5.74, 6) is 0.204. The molecule has 3 N–H and O–H groups in total. The third kappa shape index (κ3) is 6.06. The van der Waals surface area contributed by atoms with E-state index in [9.17, 15) is 9.59 Å². The third-order valence-electron chi connectivity index (χ3n) is 5.19. The van der Waals surface area contributed by atoms with Gasteiger partial charge in [0.2, 0.25) is 5.91 Å². The summed E-state index contributed by atoms with van der Waals surface area (Å²) < 4.78 is 0. The van der Waals surface area contributed by atoms with Crippen molar-refractivity contribution < 1.29 is 9.59 Å².